The van der Waals surface area contributed by atoms with Crippen LogP contribution in [0.4, 0.5) is 0 Å². The number of halogens is 1. The van der Waals surface area contributed by atoms with Crippen molar-refractivity contribution in [1.82, 2.24) is 0 Å². The van der Waals surface area contributed by atoms with Crippen LogP contribution in [0, 0.1) is 11.3 Å². The van der Waals surface area contributed by atoms with Crippen molar-refractivity contribution in [3.05, 3.63) is 33.8 Å². The van der Waals surface area contributed by atoms with Crippen LogP contribution in [-0.2, 0) is 9.53 Å². The molecule has 0 heterocycles. The van der Waals surface area contributed by atoms with E-state index in [4.69, 9.17) is 14.7 Å². The molecule has 0 aliphatic carbocycles. The zero-order chi connectivity index (χ0) is 15.0. The van der Waals surface area contributed by atoms with Gasteiger partial charge >= 0.3 is 5.97 Å². The summed E-state index contributed by atoms with van der Waals surface area (Å²) in [6, 6.07) is 7.16. The van der Waals surface area contributed by atoms with E-state index in [1.165, 1.54) is 6.08 Å². The van der Waals surface area contributed by atoms with Gasteiger partial charge in [0.1, 0.15) is 17.4 Å². The van der Waals surface area contributed by atoms with Gasteiger partial charge in [0.15, 0.2) is 0 Å². The maximum absolute atomic E-state index is 11.7. The third-order valence-electron chi connectivity index (χ3n) is 2.56. The summed E-state index contributed by atoms with van der Waals surface area (Å²) < 4.78 is 10.9. The molecule has 106 valence electrons. The lowest BCUT2D eigenvalue weighted by Crippen LogP contribution is -2.07. The summed E-state index contributed by atoms with van der Waals surface area (Å²) in [4.78, 5) is 11.7. The summed E-state index contributed by atoms with van der Waals surface area (Å²) in [5, 5.41) is 9.03. The van der Waals surface area contributed by atoms with Gasteiger partial charge in [-0.05, 0) is 46.1 Å². The normalized spacial score (nSPS) is 10.8. The number of rotatable bonds is 6. The Morgan fingerprint density at radius 3 is 2.80 bits per heavy atom. The molecule has 0 bridgehead atoms. The summed E-state index contributed by atoms with van der Waals surface area (Å²) in [5.74, 6) is 0.0964. The molecule has 0 saturated heterocycles. The Hall–Kier alpha value is -1.80. The molecule has 0 amide bonds. The van der Waals surface area contributed by atoms with Crippen molar-refractivity contribution < 1.29 is 14.3 Å². The number of hydrogen-bond donors (Lipinski definition) is 0. The van der Waals surface area contributed by atoms with Crippen molar-refractivity contribution >= 4 is 28.0 Å². The lowest BCUT2D eigenvalue weighted by Gasteiger charge is -2.05. The highest BCUT2D eigenvalue weighted by Crippen LogP contribution is 2.26. The smallest absolute Gasteiger partial charge is 0.348 e. The van der Waals surface area contributed by atoms with E-state index in [2.05, 4.69) is 15.9 Å². The number of methoxy groups -OCH3 is 1. The number of unbranched alkanes of at least 4 members (excludes halogenated alkanes) is 1. The van der Waals surface area contributed by atoms with Gasteiger partial charge < -0.3 is 9.47 Å². The van der Waals surface area contributed by atoms with Crippen LogP contribution >= 0.6 is 15.9 Å². The van der Waals surface area contributed by atoms with E-state index in [1.54, 1.807) is 25.3 Å². The summed E-state index contributed by atoms with van der Waals surface area (Å²) in [7, 11) is 1.57. The number of hydrogen-bond acceptors (Lipinski definition) is 4. The Labute approximate surface area is 127 Å². The fourth-order valence-electron chi connectivity index (χ4n) is 1.46. The lowest BCUT2D eigenvalue weighted by molar-refractivity contribution is -0.138. The van der Waals surface area contributed by atoms with Crippen LogP contribution in [-0.4, -0.2) is 19.7 Å². The van der Waals surface area contributed by atoms with E-state index in [9.17, 15) is 4.79 Å². The molecule has 1 aromatic rings. The van der Waals surface area contributed by atoms with E-state index in [1.807, 2.05) is 13.0 Å². The van der Waals surface area contributed by atoms with Gasteiger partial charge in [-0.2, -0.15) is 5.26 Å². The first-order chi connectivity index (χ1) is 9.62. The van der Waals surface area contributed by atoms with Crippen LogP contribution in [0.2, 0.25) is 0 Å². The average Bonchev–Trinajstić information content (AvgIpc) is 2.45. The van der Waals surface area contributed by atoms with Gasteiger partial charge in [-0.15, -0.1) is 0 Å². The predicted octanol–water partition coefficient (Wildman–Crippen LogP) is 3.71. The largest absolute Gasteiger partial charge is 0.496 e. The minimum Gasteiger partial charge on any atom is -0.496 e. The summed E-state index contributed by atoms with van der Waals surface area (Å²) >= 11 is 3.35. The number of nitrogens with zero attached hydrogens (tertiary/aromatic N) is 1. The van der Waals surface area contributed by atoms with Crippen LogP contribution in [0.1, 0.15) is 25.3 Å². The first-order valence-corrected chi connectivity index (χ1v) is 7.04. The molecular formula is C15H16BrNO3. The maximum atomic E-state index is 11.7. The van der Waals surface area contributed by atoms with Crippen molar-refractivity contribution in [2.75, 3.05) is 13.7 Å². The Bertz CT molecular complexity index is 547. The Kier molecular flexibility index (Phi) is 6.82. The molecule has 0 spiro atoms. The molecule has 0 aliphatic heterocycles. The van der Waals surface area contributed by atoms with E-state index in [0.717, 1.165) is 22.9 Å². The van der Waals surface area contributed by atoms with Gasteiger partial charge in [-0.25, -0.2) is 4.79 Å². The molecule has 1 rings (SSSR count). The summed E-state index contributed by atoms with van der Waals surface area (Å²) in [6.07, 6.45) is 3.22. The summed E-state index contributed by atoms with van der Waals surface area (Å²) in [5.41, 5.74) is 0.708. The van der Waals surface area contributed by atoms with Crippen molar-refractivity contribution in [2.45, 2.75) is 19.8 Å². The van der Waals surface area contributed by atoms with Crippen molar-refractivity contribution in [2.24, 2.45) is 0 Å². The highest BCUT2D eigenvalue weighted by Gasteiger charge is 2.11. The molecule has 4 nitrogen and oxygen atoms in total. The molecular weight excluding hydrogens is 322 g/mol. The van der Waals surface area contributed by atoms with Gasteiger partial charge in [0.2, 0.25) is 0 Å². The van der Waals surface area contributed by atoms with Crippen LogP contribution in [0.25, 0.3) is 6.08 Å². The highest BCUT2D eigenvalue weighted by atomic mass is 79.9. The zero-order valence-electron chi connectivity index (χ0n) is 11.5. The highest BCUT2D eigenvalue weighted by molar-refractivity contribution is 9.10. The quantitative estimate of drug-likeness (QED) is 0.343. The monoisotopic (exact) mass is 337 g/mol. The average molecular weight is 338 g/mol. The topological polar surface area (TPSA) is 59.3 Å². The Morgan fingerprint density at radius 1 is 1.50 bits per heavy atom. The van der Waals surface area contributed by atoms with Crippen molar-refractivity contribution in [3.8, 4) is 11.8 Å². The fraction of sp³-hybridized carbons (Fsp3) is 0.333. The molecule has 5 heteroatoms. The molecule has 0 fully saturated rings. The predicted molar refractivity (Wildman–Crippen MR) is 80.2 cm³/mol. The SMILES string of the molecule is CCCCOC(=O)/C(C#N)=C\c1ccc(OC)c(Br)c1. The molecule has 0 aliphatic rings. The second-order valence-electron chi connectivity index (χ2n) is 4.05. The van der Waals surface area contributed by atoms with Gasteiger partial charge in [0, 0.05) is 0 Å². The van der Waals surface area contributed by atoms with Crippen LogP contribution in [0.3, 0.4) is 0 Å². The van der Waals surface area contributed by atoms with Gasteiger partial charge in [-0.3, -0.25) is 0 Å². The van der Waals surface area contributed by atoms with Crippen LogP contribution in [0.15, 0.2) is 28.2 Å². The van der Waals surface area contributed by atoms with Crippen molar-refractivity contribution in [1.29, 1.82) is 5.26 Å². The second-order valence-corrected chi connectivity index (χ2v) is 4.91. The second kappa shape index (κ2) is 8.39. The maximum Gasteiger partial charge on any atom is 0.348 e. The molecule has 0 N–H and O–H groups in total. The standard InChI is InChI=1S/C15H16BrNO3/c1-3-4-7-20-15(18)12(10-17)8-11-5-6-14(19-2)13(16)9-11/h5-6,8-9H,3-4,7H2,1-2H3/b12-8-. The van der Waals surface area contributed by atoms with Gasteiger partial charge in [-0.1, -0.05) is 19.4 Å². The van der Waals surface area contributed by atoms with Crippen LogP contribution < -0.4 is 4.74 Å². The van der Waals surface area contributed by atoms with E-state index in [0.29, 0.717) is 12.4 Å². The fourth-order valence-corrected chi connectivity index (χ4v) is 2.02. The minimum absolute atomic E-state index is 0.0156. The number of benzene rings is 1. The van der Waals surface area contributed by atoms with E-state index < -0.39 is 5.97 Å². The Morgan fingerprint density at radius 2 is 2.25 bits per heavy atom. The first-order valence-electron chi connectivity index (χ1n) is 6.24. The molecule has 0 atom stereocenters. The molecule has 0 unspecified atom stereocenters. The third-order valence-corrected chi connectivity index (χ3v) is 3.18. The molecule has 20 heavy (non-hydrogen) atoms. The van der Waals surface area contributed by atoms with Crippen LogP contribution in [0.5, 0.6) is 5.75 Å². The van der Waals surface area contributed by atoms with E-state index in [-0.39, 0.29) is 5.57 Å². The number of nitriles is 1. The number of esters is 1. The first kappa shape index (κ1) is 16.3. The Balaban J connectivity index is 2.86. The lowest BCUT2D eigenvalue weighted by atomic mass is 10.1. The number of ether oxygens (including phenoxy) is 2. The molecule has 0 radical (unpaired) electrons. The zero-order valence-corrected chi connectivity index (χ0v) is 13.1. The third kappa shape index (κ3) is 4.71. The minimum atomic E-state index is -0.590. The molecule has 0 saturated carbocycles. The van der Waals surface area contributed by atoms with E-state index >= 15 is 0 Å². The molecule has 0 aromatic heterocycles. The molecule has 1 aromatic carbocycles. The van der Waals surface area contributed by atoms with Gasteiger partial charge in [0.25, 0.3) is 0 Å². The summed E-state index contributed by atoms with van der Waals surface area (Å²) in [6.45, 7) is 2.34. The van der Waals surface area contributed by atoms with Crippen molar-refractivity contribution in [3.63, 3.8) is 0 Å². The number of carbonyl (C=O) groups excluding carboxylic acids is 1. The van der Waals surface area contributed by atoms with Gasteiger partial charge in [0.05, 0.1) is 18.2 Å². The number of carbonyl (C=O) groups is 1.